The van der Waals surface area contributed by atoms with Crippen LogP contribution >= 0.6 is 11.3 Å². The van der Waals surface area contributed by atoms with E-state index in [1.165, 1.54) is 4.90 Å². The molecule has 1 fully saturated rings. The average Bonchev–Trinajstić information content (AvgIpc) is 3.55. The summed E-state index contributed by atoms with van der Waals surface area (Å²) in [5, 5.41) is 18.9. The second-order valence-corrected chi connectivity index (χ2v) is 7.97. The van der Waals surface area contributed by atoms with Gasteiger partial charge in [0.1, 0.15) is 11.1 Å². The number of hydrogen-bond donors (Lipinski definition) is 2. The normalized spacial score (nSPS) is 15.4. The zero-order chi connectivity index (χ0) is 22.5. The zero-order valence-electron chi connectivity index (χ0n) is 17.6. The lowest BCUT2D eigenvalue weighted by molar-refractivity contribution is -0.133. The fourth-order valence-electron chi connectivity index (χ4n) is 3.01. The molecule has 0 aliphatic carbocycles. The minimum Gasteiger partial charge on any atom is -0.383 e. The highest BCUT2D eigenvalue weighted by atomic mass is 32.1. The molecule has 1 amide bonds. The molecule has 32 heavy (non-hydrogen) atoms. The number of carbonyl (C=O) groups excluding carboxylic acids is 1. The molecule has 1 aliphatic heterocycles. The van der Waals surface area contributed by atoms with Gasteiger partial charge in [0.15, 0.2) is 5.82 Å². The number of aliphatic hydroxyl groups excluding tert-OH is 1. The van der Waals surface area contributed by atoms with E-state index in [0.717, 1.165) is 22.1 Å². The third-order valence-corrected chi connectivity index (χ3v) is 5.47. The molecule has 11 heteroatoms. The van der Waals surface area contributed by atoms with E-state index in [2.05, 4.69) is 30.4 Å². The monoisotopic (exact) mass is 450 g/mol. The summed E-state index contributed by atoms with van der Waals surface area (Å²) in [6.07, 6.45) is 5.19. The summed E-state index contributed by atoms with van der Waals surface area (Å²) in [6.45, 7) is 0.694. The summed E-state index contributed by atoms with van der Waals surface area (Å²) in [7, 11) is 3.55. The van der Waals surface area contributed by atoms with Gasteiger partial charge in [-0.1, -0.05) is 6.07 Å². The van der Waals surface area contributed by atoms with Crippen molar-refractivity contribution in [3.05, 3.63) is 54.3 Å². The Labute approximate surface area is 188 Å². The molecule has 0 spiro atoms. The van der Waals surface area contributed by atoms with Crippen LogP contribution in [0.5, 0.6) is 0 Å². The number of nitrogens with one attached hydrogen (secondary N) is 1. The Morgan fingerprint density at radius 3 is 2.50 bits per heavy atom. The van der Waals surface area contributed by atoms with E-state index in [-0.39, 0.29) is 5.91 Å². The predicted molar refractivity (Wildman–Crippen MR) is 121 cm³/mol. The first-order valence-corrected chi connectivity index (χ1v) is 10.8. The second-order valence-electron chi connectivity index (χ2n) is 7.07. The highest BCUT2D eigenvalue weighted by Gasteiger charge is 2.26. The maximum Gasteiger partial charge on any atom is 0.251 e. The number of likely N-dealkylation sites (N-methyl/N-ethyl adjacent to an activating group) is 1. The lowest BCUT2D eigenvalue weighted by Crippen LogP contribution is -2.24. The number of likely N-dealkylation sites (tertiary alicyclic amines) is 1. The van der Waals surface area contributed by atoms with E-state index < -0.39 is 6.10 Å². The van der Waals surface area contributed by atoms with Gasteiger partial charge in [-0.3, -0.25) is 9.48 Å². The minimum absolute atomic E-state index is 0.148. The first-order chi connectivity index (χ1) is 15.5. The molecular weight excluding hydrogens is 428 g/mol. The van der Waals surface area contributed by atoms with Crippen molar-refractivity contribution in [1.82, 2.24) is 34.6 Å². The number of amides is 1. The van der Waals surface area contributed by atoms with Crippen LogP contribution in [0.25, 0.3) is 22.1 Å². The summed E-state index contributed by atoms with van der Waals surface area (Å²) in [5.74, 6) is 1.02. The van der Waals surface area contributed by atoms with Crippen LogP contribution in [0.3, 0.4) is 0 Å². The summed E-state index contributed by atoms with van der Waals surface area (Å²) in [6, 6.07) is 9.50. The van der Waals surface area contributed by atoms with Gasteiger partial charge in [-0.05, 0) is 24.6 Å². The third kappa shape index (κ3) is 5.13. The predicted octanol–water partition coefficient (Wildman–Crippen LogP) is 2.35. The Morgan fingerprint density at radius 2 is 1.88 bits per heavy atom. The Kier molecular flexibility index (Phi) is 6.47. The fourth-order valence-corrected chi connectivity index (χ4v) is 3.62. The Morgan fingerprint density at radius 1 is 1.06 bits per heavy atom. The molecule has 2 N–H and O–H groups in total. The van der Waals surface area contributed by atoms with E-state index in [4.69, 9.17) is 5.11 Å². The molecule has 1 unspecified atom stereocenters. The van der Waals surface area contributed by atoms with Crippen LogP contribution < -0.4 is 5.32 Å². The van der Waals surface area contributed by atoms with Gasteiger partial charge < -0.3 is 15.3 Å². The molecule has 4 aromatic rings. The van der Waals surface area contributed by atoms with Crippen molar-refractivity contribution in [2.24, 2.45) is 7.05 Å². The number of pyridine rings is 1. The van der Waals surface area contributed by atoms with Crippen LogP contribution in [0.2, 0.25) is 0 Å². The quantitative estimate of drug-likeness (QED) is 0.486. The minimum atomic E-state index is -0.722. The molecule has 1 saturated heterocycles. The van der Waals surface area contributed by atoms with E-state index in [0.29, 0.717) is 24.7 Å². The lowest BCUT2D eigenvalue weighted by atomic mass is 10.2. The number of hydrogen-bond acceptors (Lipinski definition) is 9. The van der Waals surface area contributed by atoms with Crippen LogP contribution in [-0.2, 0) is 11.8 Å². The number of thiazole rings is 1. The van der Waals surface area contributed by atoms with Gasteiger partial charge in [0.25, 0.3) is 5.91 Å². The molecule has 0 bridgehead atoms. The maximum atomic E-state index is 10.6. The van der Waals surface area contributed by atoms with Crippen LogP contribution in [0.15, 0.2) is 54.3 Å². The first-order valence-electron chi connectivity index (χ1n) is 9.89. The standard InChI is InChI=1S/C16H13N7S.C5H9NO2/c1-23-9-6-14(22-23)21-16-18-7-5-12(20-16)11-3-2-4-13(19-11)15-17-8-10-24-15;1-6-3-2-4(7)5(6)8/h2-10H,1H3,(H,18,20,21,22);4,7H,2-3H2,1H3. The molecule has 164 valence electrons. The third-order valence-electron chi connectivity index (χ3n) is 4.67. The van der Waals surface area contributed by atoms with E-state index in [9.17, 15) is 4.79 Å². The smallest absolute Gasteiger partial charge is 0.251 e. The van der Waals surface area contributed by atoms with E-state index >= 15 is 0 Å². The highest BCUT2D eigenvalue weighted by molar-refractivity contribution is 7.13. The number of aliphatic hydroxyl groups is 1. The van der Waals surface area contributed by atoms with Gasteiger partial charge in [-0.2, -0.15) is 5.10 Å². The number of rotatable bonds is 4. The second kappa shape index (κ2) is 9.62. The van der Waals surface area contributed by atoms with Crippen LogP contribution in [0, 0.1) is 0 Å². The number of aromatic nitrogens is 6. The number of nitrogens with zero attached hydrogens (tertiary/aromatic N) is 7. The van der Waals surface area contributed by atoms with Crippen molar-refractivity contribution in [2.75, 3.05) is 18.9 Å². The molecule has 0 aromatic carbocycles. The highest BCUT2D eigenvalue weighted by Crippen LogP contribution is 2.23. The van der Waals surface area contributed by atoms with E-state index in [1.807, 2.05) is 49.0 Å². The van der Waals surface area contributed by atoms with Crippen molar-refractivity contribution in [2.45, 2.75) is 12.5 Å². The van der Waals surface area contributed by atoms with Crippen LogP contribution in [-0.4, -0.2) is 65.3 Å². The van der Waals surface area contributed by atoms with Crippen molar-refractivity contribution >= 4 is 29.0 Å². The molecule has 1 aliphatic rings. The van der Waals surface area contributed by atoms with Gasteiger partial charge >= 0.3 is 0 Å². The molecular formula is C21H22N8O2S. The summed E-state index contributed by atoms with van der Waals surface area (Å²) >= 11 is 1.56. The van der Waals surface area contributed by atoms with E-state index in [1.54, 1.807) is 35.5 Å². The zero-order valence-corrected chi connectivity index (χ0v) is 18.4. The Balaban J connectivity index is 0.000000260. The molecule has 0 radical (unpaired) electrons. The molecule has 5 heterocycles. The first kappa shape index (κ1) is 21.5. The average molecular weight is 451 g/mol. The fraction of sp³-hybridized carbons (Fsp3) is 0.238. The molecule has 0 saturated carbocycles. The van der Waals surface area contributed by atoms with Crippen molar-refractivity contribution < 1.29 is 9.90 Å². The topological polar surface area (TPSA) is 122 Å². The van der Waals surface area contributed by atoms with Crippen molar-refractivity contribution in [1.29, 1.82) is 0 Å². The largest absolute Gasteiger partial charge is 0.383 e. The summed E-state index contributed by atoms with van der Waals surface area (Å²) in [5.41, 5.74) is 2.34. The molecule has 5 rings (SSSR count). The van der Waals surface area contributed by atoms with Gasteiger partial charge in [0, 0.05) is 50.7 Å². The van der Waals surface area contributed by atoms with Gasteiger partial charge in [-0.15, -0.1) is 11.3 Å². The molecule has 4 aromatic heterocycles. The molecule has 10 nitrogen and oxygen atoms in total. The van der Waals surface area contributed by atoms with Gasteiger partial charge in [0.2, 0.25) is 5.95 Å². The molecule has 1 atom stereocenters. The van der Waals surface area contributed by atoms with Crippen LogP contribution in [0.1, 0.15) is 6.42 Å². The van der Waals surface area contributed by atoms with Gasteiger partial charge in [-0.25, -0.2) is 19.9 Å². The number of aryl methyl sites for hydroxylation is 1. The SMILES string of the molecule is CN1CCC(O)C1=O.Cn1ccc(Nc2nccc(-c3cccc(-c4nccs4)n3)n2)n1. The Hall–Kier alpha value is -3.70. The summed E-state index contributed by atoms with van der Waals surface area (Å²) in [4.78, 5) is 29.8. The van der Waals surface area contributed by atoms with Crippen molar-refractivity contribution in [3.8, 4) is 22.1 Å². The van der Waals surface area contributed by atoms with Crippen molar-refractivity contribution in [3.63, 3.8) is 0 Å². The number of anilines is 2. The summed E-state index contributed by atoms with van der Waals surface area (Å²) < 4.78 is 1.71. The number of carbonyl (C=O) groups is 1. The lowest BCUT2D eigenvalue weighted by Gasteiger charge is -2.05. The van der Waals surface area contributed by atoms with Gasteiger partial charge in [0.05, 0.1) is 17.1 Å². The maximum absolute atomic E-state index is 10.6. The Bertz CT molecular complexity index is 1180. The van der Waals surface area contributed by atoms with Crippen LogP contribution in [0.4, 0.5) is 11.8 Å².